The Kier molecular flexibility index (Phi) is 6.46. The molecular formula is C16H21NO4. The minimum Gasteiger partial charge on any atom is -0.497 e. The van der Waals surface area contributed by atoms with Crippen LogP contribution < -0.4 is 10.1 Å². The predicted molar refractivity (Wildman–Crippen MR) is 81.2 cm³/mol. The molecule has 0 radical (unpaired) electrons. The van der Waals surface area contributed by atoms with E-state index in [0.717, 1.165) is 6.42 Å². The van der Waals surface area contributed by atoms with Crippen LogP contribution in [0.15, 0.2) is 35.9 Å². The van der Waals surface area contributed by atoms with Crippen LogP contribution in [-0.2, 0) is 14.3 Å². The first-order valence-corrected chi connectivity index (χ1v) is 6.80. The molecule has 0 aromatic heterocycles. The minimum atomic E-state index is -0.861. The number of carbonyl (C=O) groups is 2. The molecule has 0 saturated carbocycles. The van der Waals surface area contributed by atoms with Crippen LogP contribution in [-0.4, -0.2) is 25.1 Å². The third kappa shape index (κ3) is 5.30. The molecule has 114 valence electrons. The summed E-state index contributed by atoms with van der Waals surface area (Å²) in [6.45, 7) is 5.13. The highest BCUT2D eigenvalue weighted by Crippen LogP contribution is 2.15. The molecule has 1 amide bonds. The molecule has 0 heterocycles. The van der Waals surface area contributed by atoms with Crippen molar-refractivity contribution >= 4 is 17.6 Å². The molecule has 0 spiro atoms. The van der Waals surface area contributed by atoms with E-state index in [4.69, 9.17) is 9.47 Å². The van der Waals surface area contributed by atoms with E-state index in [-0.39, 0.29) is 5.91 Å². The third-order valence-corrected chi connectivity index (χ3v) is 2.84. The number of benzene rings is 1. The summed E-state index contributed by atoms with van der Waals surface area (Å²) in [5.74, 6) is -0.153. The zero-order valence-electron chi connectivity index (χ0n) is 12.8. The van der Waals surface area contributed by atoms with E-state index >= 15 is 0 Å². The maximum absolute atomic E-state index is 11.9. The van der Waals surface area contributed by atoms with E-state index in [2.05, 4.69) is 5.32 Å². The van der Waals surface area contributed by atoms with E-state index < -0.39 is 12.1 Å². The summed E-state index contributed by atoms with van der Waals surface area (Å²) in [7, 11) is 1.57. The lowest BCUT2D eigenvalue weighted by Crippen LogP contribution is -2.30. The van der Waals surface area contributed by atoms with Gasteiger partial charge in [-0.1, -0.05) is 13.0 Å². The van der Waals surface area contributed by atoms with E-state index in [1.165, 1.54) is 6.92 Å². The number of rotatable bonds is 6. The Morgan fingerprint density at radius 3 is 2.43 bits per heavy atom. The van der Waals surface area contributed by atoms with Gasteiger partial charge in [-0.15, -0.1) is 0 Å². The second kappa shape index (κ2) is 8.09. The number of amides is 1. The molecule has 0 aliphatic carbocycles. The Morgan fingerprint density at radius 1 is 1.29 bits per heavy atom. The number of esters is 1. The SMILES string of the molecule is CC/C=C(\C)C(=O)OC(C)C(=O)Nc1ccc(OC)cc1. The van der Waals surface area contributed by atoms with Gasteiger partial charge in [0.05, 0.1) is 7.11 Å². The first-order valence-electron chi connectivity index (χ1n) is 6.80. The maximum atomic E-state index is 11.9. The van der Waals surface area contributed by atoms with Crippen LogP contribution in [0.25, 0.3) is 0 Å². The summed E-state index contributed by atoms with van der Waals surface area (Å²) < 4.78 is 10.1. The molecule has 1 rings (SSSR count). The summed E-state index contributed by atoms with van der Waals surface area (Å²) in [4.78, 5) is 23.6. The van der Waals surface area contributed by atoms with E-state index in [0.29, 0.717) is 17.0 Å². The zero-order valence-corrected chi connectivity index (χ0v) is 12.8. The molecule has 1 aromatic rings. The fourth-order valence-corrected chi connectivity index (χ4v) is 1.61. The van der Waals surface area contributed by atoms with Crippen molar-refractivity contribution in [3.05, 3.63) is 35.9 Å². The molecular weight excluding hydrogens is 270 g/mol. The molecule has 1 aromatic carbocycles. The lowest BCUT2D eigenvalue weighted by atomic mass is 10.2. The van der Waals surface area contributed by atoms with Crippen LogP contribution in [0.2, 0.25) is 0 Å². The van der Waals surface area contributed by atoms with Gasteiger partial charge in [0, 0.05) is 11.3 Å². The minimum absolute atomic E-state index is 0.377. The van der Waals surface area contributed by atoms with Crippen molar-refractivity contribution in [1.82, 2.24) is 0 Å². The summed E-state index contributed by atoms with van der Waals surface area (Å²) in [5, 5.41) is 2.68. The fourth-order valence-electron chi connectivity index (χ4n) is 1.61. The molecule has 1 unspecified atom stereocenters. The number of hydrogen-bond acceptors (Lipinski definition) is 4. The van der Waals surface area contributed by atoms with Gasteiger partial charge in [-0.05, 0) is 44.5 Å². The van der Waals surface area contributed by atoms with Crippen molar-refractivity contribution in [1.29, 1.82) is 0 Å². The molecule has 5 heteroatoms. The van der Waals surface area contributed by atoms with E-state index in [1.54, 1.807) is 44.4 Å². The number of anilines is 1. The summed E-state index contributed by atoms with van der Waals surface area (Å²) in [5.41, 5.74) is 1.12. The molecule has 0 aliphatic rings. The topological polar surface area (TPSA) is 64.6 Å². The average molecular weight is 291 g/mol. The van der Waals surface area contributed by atoms with Gasteiger partial charge in [-0.2, -0.15) is 0 Å². The highest BCUT2D eigenvalue weighted by Gasteiger charge is 2.18. The molecule has 1 atom stereocenters. The molecule has 5 nitrogen and oxygen atoms in total. The summed E-state index contributed by atoms with van der Waals surface area (Å²) >= 11 is 0. The van der Waals surface area contributed by atoms with Gasteiger partial charge in [0.1, 0.15) is 5.75 Å². The van der Waals surface area contributed by atoms with Gasteiger partial charge >= 0.3 is 5.97 Å². The predicted octanol–water partition coefficient (Wildman–Crippen LogP) is 2.92. The van der Waals surface area contributed by atoms with Gasteiger partial charge in [0.15, 0.2) is 6.10 Å². The Morgan fingerprint density at radius 2 is 1.90 bits per heavy atom. The van der Waals surface area contributed by atoms with Crippen LogP contribution in [0.4, 0.5) is 5.69 Å². The summed E-state index contributed by atoms with van der Waals surface area (Å²) in [6, 6.07) is 6.90. The Balaban J connectivity index is 2.58. The number of carbonyl (C=O) groups excluding carboxylic acids is 2. The van der Waals surface area contributed by atoms with E-state index in [1.807, 2.05) is 6.92 Å². The van der Waals surface area contributed by atoms with Crippen LogP contribution in [0.1, 0.15) is 27.2 Å². The van der Waals surface area contributed by atoms with Gasteiger partial charge in [-0.25, -0.2) is 4.79 Å². The smallest absolute Gasteiger partial charge is 0.334 e. The first kappa shape index (κ1) is 16.8. The number of nitrogens with one attached hydrogen (secondary N) is 1. The molecule has 0 saturated heterocycles. The lowest BCUT2D eigenvalue weighted by Gasteiger charge is -2.14. The largest absolute Gasteiger partial charge is 0.497 e. The standard InChI is InChI=1S/C16H21NO4/c1-5-6-11(2)16(19)21-12(3)15(18)17-13-7-9-14(20-4)10-8-13/h6-10,12H,5H2,1-4H3,(H,17,18)/b11-6+. The van der Waals surface area contributed by atoms with Crippen molar-refractivity contribution in [2.45, 2.75) is 33.3 Å². The van der Waals surface area contributed by atoms with Crippen molar-refractivity contribution in [3.8, 4) is 5.75 Å². The van der Waals surface area contributed by atoms with Crippen LogP contribution in [0, 0.1) is 0 Å². The van der Waals surface area contributed by atoms with Crippen LogP contribution in [0.5, 0.6) is 5.75 Å². The number of allylic oxidation sites excluding steroid dienone is 1. The highest BCUT2D eigenvalue weighted by molar-refractivity contribution is 5.96. The van der Waals surface area contributed by atoms with Crippen molar-refractivity contribution in [2.75, 3.05) is 12.4 Å². The second-order valence-electron chi connectivity index (χ2n) is 4.56. The Hall–Kier alpha value is -2.30. The van der Waals surface area contributed by atoms with Crippen molar-refractivity contribution in [3.63, 3.8) is 0 Å². The lowest BCUT2D eigenvalue weighted by molar-refractivity contribution is -0.149. The monoisotopic (exact) mass is 291 g/mol. The fraction of sp³-hybridized carbons (Fsp3) is 0.375. The Bertz CT molecular complexity index is 520. The van der Waals surface area contributed by atoms with Gasteiger partial charge < -0.3 is 14.8 Å². The van der Waals surface area contributed by atoms with E-state index in [9.17, 15) is 9.59 Å². The highest BCUT2D eigenvalue weighted by atomic mass is 16.5. The number of hydrogen-bond donors (Lipinski definition) is 1. The van der Waals surface area contributed by atoms with Crippen molar-refractivity contribution in [2.24, 2.45) is 0 Å². The third-order valence-electron chi connectivity index (χ3n) is 2.84. The molecule has 1 N–H and O–H groups in total. The van der Waals surface area contributed by atoms with Gasteiger partial charge in [0.25, 0.3) is 5.91 Å². The number of ether oxygens (including phenoxy) is 2. The number of methoxy groups -OCH3 is 1. The zero-order chi connectivity index (χ0) is 15.8. The van der Waals surface area contributed by atoms with Crippen LogP contribution in [0.3, 0.4) is 0 Å². The molecule has 0 bridgehead atoms. The average Bonchev–Trinajstić information content (AvgIpc) is 2.48. The molecule has 0 fully saturated rings. The molecule has 0 aliphatic heterocycles. The van der Waals surface area contributed by atoms with Crippen molar-refractivity contribution < 1.29 is 19.1 Å². The second-order valence-corrected chi connectivity index (χ2v) is 4.56. The normalized spacial score (nSPS) is 12.5. The quantitative estimate of drug-likeness (QED) is 0.646. The first-order chi connectivity index (χ1) is 9.97. The summed E-state index contributed by atoms with van der Waals surface area (Å²) in [6.07, 6.45) is 1.64. The maximum Gasteiger partial charge on any atom is 0.334 e. The van der Waals surface area contributed by atoms with Crippen LogP contribution >= 0.6 is 0 Å². The van der Waals surface area contributed by atoms with Gasteiger partial charge in [-0.3, -0.25) is 4.79 Å². The molecule has 21 heavy (non-hydrogen) atoms. The Labute approximate surface area is 124 Å². The van der Waals surface area contributed by atoms with Gasteiger partial charge in [0.2, 0.25) is 0 Å².